The third kappa shape index (κ3) is 5.61. The SMILES string of the molecule is COc1ccc(CCC(=O)NCCN2CCCCC2)cc1Br. The molecule has 0 aliphatic carbocycles. The molecule has 0 spiro atoms. The Bertz CT molecular complexity index is 488. The molecular weight excluding hydrogens is 344 g/mol. The van der Waals surface area contributed by atoms with Crippen molar-refractivity contribution in [1.82, 2.24) is 10.2 Å². The van der Waals surface area contributed by atoms with Crippen molar-refractivity contribution in [2.75, 3.05) is 33.3 Å². The Hall–Kier alpha value is -1.07. The van der Waals surface area contributed by atoms with Crippen LogP contribution < -0.4 is 10.1 Å². The molecule has 4 nitrogen and oxygen atoms in total. The molecule has 0 aromatic heterocycles. The van der Waals surface area contributed by atoms with Gasteiger partial charge in [-0.25, -0.2) is 0 Å². The van der Waals surface area contributed by atoms with Gasteiger partial charge in [0, 0.05) is 19.5 Å². The lowest BCUT2D eigenvalue weighted by atomic mass is 10.1. The Labute approximate surface area is 141 Å². The Kier molecular flexibility index (Phi) is 7.19. The molecular formula is C17H25BrN2O2. The summed E-state index contributed by atoms with van der Waals surface area (Å²) in [5, 5.41) is 3.02. The summed E-state index contributed by atoms with van der Waals surface area (Å²) in [6.07, 6.45) is 5.21. The highest BCUT2D eigenvalue weighted by molar-refractivity contribution is 9.10. The van der Waals surface area contributed by atoms with E-state index in [1.54, 1.807) is 7.11 Å². The maximum absolute atomic E-state index is 11.9. The van der Waals surface area contributed by atoms with Crippen LogP contribution in [0.1, 0.15) is 31.2 Å². The Balaban J connectivity index is 1.65. The molecule has 1 aliphatic rings. The third-order valence-corrected chi connectivity index (χ3v) is 4.68. The molecule has 0 atom stereocenters. The van der Waals surface area contributed by atoms with Crippen molar-refractivity contribution in [3.05, 3.63) is 28.2 Å². The molecule has 1 heterocycles. The standard InChI is InChI=1S/C17H25BrN2O2/c1-22-16-7-5-14(13-15(16)18)6-8-17(21)19-9-12-20-10-3-2-4-11-20/h5,7,13H,2-4,6,8-12H2,1H3,(H,19,21). The molecule has 1 aromatic carbocycles. The van der Waals surface area contributed by atoms with Crippen molar-refractivity contribution in [2.45, 2.75) is 32.1 Å². The van der Waals surface area contributed by atoms with E-state index < -0.39 is 0 Å². The van der Waals surface area contributed by atoms with Gasteiger partial charge in [-0.15, -0.1) is 0 Å². The maximum Gasteiger partial charge on any atom is 0.220 e. The van der Waals surface area contributed by atoms with Crippen molar-refractivity contribution in [3.8, 4) is 5.75 Å². The zero-order valence-electron chi connectivity index (χ0n) is 13.2. The van der Waals surface area contributed by atoms with Gasteiger partial charge in [0.15, 0.2) is 0 Å². The van der Waals surface area contributed by atoms with Gasteiger partial charge >= 0.3 is 0 Å². The summed E-state index contributed by atoms with van der Waals surface area (Å²) in [7, 11) is 1.65. The maximum atomic E-state index is 11.9. The number of nitrogens with zero attached hydrogens (tertiary/aromatic N) is 1. The van der Waals surface area contributed by atoms with E-state index in [1.807, 2.05) is 18.2 Å². The van der Waals surface area contributed by atoms with Crippen LogP contribution in [-0.4, -0.2) is 44.1 Å². The van der Waals surface area contributed by atoms with Crippen LogP contribution in [0.25, 0.3) is 0 Å². The fraction of sp³-hybridized carbons (Fsp3) is 0.588. The van der Waals surface area contributed by atoms with E-state index >= 15 is 0 Å². The Morgan fingerprint density at radius 3 is 2.77 bits per heavy atom. The lowest BCUT2D eigenvalue weighted by Gasteiger charge is -2.26. The van der Waals surface area contributed by atoms with Crippen molar-refractivity contribution in [1.29, 1.82) is 0 Å². The summed E-state index contributed by atoms with van der Waals surface area (Å²) in [5.41, 5.74) is 1.14. The number of carbonyl (C=O) groups is 1. The van der Waals surface area contributed by atoms with Gasteiger partial charge in [0.1, 0.15) is 5.75 Å². The predicted octanol–water partition coefficient (Wildman–Crippen LogP) is 2.99. The zero-order valence-corrected chi connectivity index (χ0v) is 14.8. The number of amides is 1. The highest BCUT2D eigenvalue weighted by Gasteiger charge is 2.10. The van der Waals surface area contributed by atoms with Gasteiger partial charge in [-0.3, -0.25) is 4.79 Å². The minimum atomic E-state index is 0.129. The first-order valence-electron chi connectivity index (χ1n) is 8.00. The van der Waals surface area contributed by atoms with Crippen molar-refractivity contribution in [3.63, 3.8) is 0 Å². The average molecular weight is 369 g/mol. The summed E-state index contributed by atoms with van der Waals surface area (Å²) in [6, 6.07) is 5.94. The molecule has 5 heteroatoms. The number of hydrogen-bond donors (Lipinski definition) is 1. The second-order valence-electron chi connectivity index (χ2n) is 5.72. The van der Waals surface area contributed by atoms with Crippen LogP contribution >= 0.6 is 15.9 Å². The Morgan fingerprint density at radius 2 is 2.09 bits per heavy atom. The van der Waals surface area contributed by atoms with E-state index in [4.69, 9.17) is 4.74 Å². The molecule has 1 fully saturated rings. The lowest BCUT2D eigenvalue weighted by molar-refractivity contribution is -0.121. The van der Waals surface area contributed by atoms with Crippen LogP contribution in [0.2, 0.25) is 0 Å². The Morgan fingerprint density at radius 1 is 1.32 bits per heavy atom. The van der Waals surface area contributed by atoms with Gasteiger partial charge in [-0.2, -0.15) is 0 Å². The van der Waals surface area contributed by atoms with E-state index in [-0.39, 0.29) is 5.91 Å². The highest BCUT2D eigenvalue weighted by atomic mass is 79.9. The minimum absolute atomic E-state index is 0.129. The van der Waals surface area contributed by atoms with Gasteiger partial charge in [0.05, 0.1) is 11.6 Å². The summed E-state index contributed by atoms with van der Waals surface area (Å²) in [4.78, 5) is 14.3. The van der Waals surface area contributed by atoms with E-state index in [0.29, 0.717) is 6.42 Å². The number of nitrogens with one attached hydrogen (secondary N) is 1. The topological polar surface area (TPSA) is 41.6 Å². The van der Waals surface area contributed by atoms with Gasteiger partial charge in [0.2, 0.25) is 5.91 Å². The number of rotatable bonds is 7. The van der Waals surface area contributed by atoms with Gasteiger partial charge in [-0.1, -0.05) is 12.5 Å². The summed E-state index contributed by atoms with van der Waals surface area (Å²) < 4.78 is 6.13. The fourth-order valence-corrected chi connectivity index (χ4v) is 3.34. The number of ether oxygens (including phenoxy) is 1. The number of likely N-dealkylation sites (tertiary alicyclic amines) is 1. The number of benzene rings is 1. The van der Waals surface area contributed by atoms with Crippen LogP contribution in [0.3, 0.4) is 0 Å². The predicted molar refractivity (Wildman–Crippen MR) is 92.3 cm³/mol. The third-order valence-electron chi connectivity index (χ3n) is 4.06. The number of halogens is 1. The highest BCUT2D eigenvalue weighted by Crippen LogP contribution is 2.25. The first-order chi connectivity index (χ1) is 10.7. The molecule has 1 aliphatic heterocycles. The molecule has 122 valence electrons. The largest absolute Gasteiger partial charge is 0.496 e. The normalized spacial score (nSPS) is 15.5. The molecule has 1 aromatic rings. The molecule has 0 unspecified atom stereocenters. The van der Waals surface area contributed by atoms with Crippen molar-refractivity contribution < 1.29 is 9.53 Å². The zero-order chi connectivity index (χ0) is 15.8. The molecule has 1 saturated heterocycles. The summed E-state index contributed by atoms with van der Waals surface area (Å²) in [6.45, 7) is 4.08. The number of aryl methyl sites for hydroxylation is 1. The van der Waals surface area contributed by atoms with Gasteiger partial charge in [-0.05, 0) is 66.0 Å². The minimum Gasteiger partial charge on any atom is -0.496 e. The molecule has 0 saturated carbocycles. The fourth-order valence-electron chi connectivity index (χ4n) is 2.75. The number of methoxy groups -OCH3 is 1. The van der Waals surface area contributed by atoms with Crippen LogP contribution in [0, 0.1) is 0 Å². The quantitative estimate of drug-likeness (QED) is 0.804. The van der Waals surface area contributed by atoms with E-state index in [9.17, 15) is 4.79 Å². The summed E-state index contributed by atoms with van der Waals surface area (Å²) in [5.74, 6) is 0.943. The average Bonchev–Trinajstić information content (AvgIpc) is 2.54. The molecule has 0 radical (unpaired) electrons. The first kappa shape index (κ1) is 17.3. The number of piperidine rings is 1. The second-order valence-corrected chi connectivity index (χ2v) is 6.58. The monoisotopic (exact) mass is 368 g/mol. The van der Waals surface area contributed by atoms with E-state index in [0.717, 1.165) is 35.3 Å². The lowest BCUT2D eigenvalue weighted by Crippen LogP contribution is -2.37. The molecule has 1 N–H and O–H groups in total. The first-order valence-corrected chi connectivity index (χ1v) is 8.80. The molecule has 2 rings (SSSR count). The van der Waals surface area contributed by atoms with Gasteiger partial charge < -0.3 is 15.0 Å². The number of hydrogen-bond acceptors (Lipinski definition) is 3. The molecule has 1 amide bonds. The van der Waals surface area contributed by atoms with Gasteiger partial charge in [0.25, 0.3) is 0 Å². The number of carbonyl (C=O) groups excluding carboxylic acids is 1. The van der Waals surface area contributed by atoms with E-state index in [1.165, 1.54) is 32.4 Å². The second kappa shape index (κ2) is 9.16. The molecule has 22 heavy (non-hydrogen) atoms. The van der Waals surface area contributed by atoms with Crippen LogP contribution in [0.5, 0.6) is 5.75 Å². The summed E-state index contributed by atoms with van der Waals surface area (Å²) >= 11 is 3.47. The van der Waals surface area contributed by atoms with Crippen LogP contribution in [-0.2, 0) is 11.2 Å². The van der Waals surface area contributed by atoms with Crippen molar-refractivity contribution >= 4 is 21.8 Å². The molecule has 0 bridgehead atoms. The van der Waals surface area contributed by atoms with Crippen molar-refractivity contribution in [2.24, 2.45) is 0 Å². The van der Waals surface area contributed by atoms with Crippen LogP contribution in [0.4, 0.5) is 0 Å². The smallest absolute Gasteiger partial charge is 0.220 e. The van der Waals surface area contributed by atoms with Crippen LogP contribution in [0.15, 0.2) is 22.7 Å². The van der Waals surface area contributed by atoms with E-state index in [2.05, 4.69) is 26.1 Å².